The standard InChI is InChI=1S/C21H22ClN5O5S2/c1-14-11-12-23-21(24-14)26-34(31,32)19-9-7-17(8-10-19)25-20(28)15(2)27(33(3,29)30)18-6-4-5-16(22)13-18/h4-13,15H,1-3H3,(H,25,28)(H,23,24,26). The molecule has 1 atom stereocenters. The Balaban J connectivity index is 1.77. The molecule has 13 heteroatoms. The number of aromatic nitrogens is 2. The third kappa shape index (κ3) is 6.22. The highest BCUT2D eigenvalue weighted by Crippen LogP contribution is 2.25. The van der Waals surface area contributed by atoms with Gasteiger partial charge >= 0.3 is 0 Å². The third-order valence-corrected chi connectivity index (χ3v) is 7.42. The lowest BCUT2D eigenvalue weighted by Gasteiger charge is -2.28. The molecule has 1 amide bonds. The second kappa shape index (κ2) is 9.95. The number of aryl methyl sites for hydroxylation is 1. The van der Waals surface area contributed by atoms with E-state index in [0.717, 1.165) is 10.6 Å². The van der Waals surface area contributed by atoms with E-state index >= 15 is 0 Å². The average Bonchev–Trinajstić information content (AvgIpc) is 2.73. The van der Waals surface area contributed by atoms with Gasteiger partial charge in [0.1, 0.15) is 6.04 Å². The van der Waals surface area contributed by atoms with E-state index in [-0.39, 0.29) is 22.2 Å². The predicted molar refractivity (Wildman–Crippen MR) is 131 cm³/mol. The molecule has 0 saturated heterocycles. The molecule has 2 aromatic carbocycles. The lowest BCUT2D eigenvalue weighted by Crippen LogP contribution is -2.45. The molecule has 1 heterocycles. The molecule has 34 heavy (non-hydrogen) atoms. The van der Waals surface area contributed by atoms with Crippen LogP contribution >= 0.6 is 11.6 Å². The molecule has 0 aliphatic carbocycles. The normalized spacial score (nSPS) is 12.6. The molecule has 3 rings (SSSR count). The fourth-order valence-electron chi connectivity index (χ4n) is 3.06. The first-order valence-corrected chi connectivity index (χ1v) is 13.6. The Morgan fingerprint density at radius 2 is 1.74 bits per heavy atom. The Bertz CT molecular complexity index is 1410. The molecular weight excluding hydrogens is 502 g/mol. The number of hydrogen-bond donors (Lipinski definition) is 2. The Kier molecular flexibility index (Phi) is 7.44. The van der Waals surface area contributed by atoms with Crippen molar-refractivity contribution in [1.29, 1.82) is 0 Å². The number of hydrogen-bond acceptors (Lipinski definition) is 7. The summed E-state index contributed by atoms with van der Waals surface area (Å²) in [6, 6.07) is 12.0. The first-order chi connectivity index (χ1) is 15.9. The maximum Gasteiger partial charge on any atom is 0.264 e. The lowest BCUT2D eigenvalue weighted by atomic mass is 10.2. The maximum absolute atomic E-state index is 12.8. The number of anilines is 3. The monoisotopic (exact) mass is 523 g/mol. The summed E-state index contributed by atoms with van der Waals surface area (Å²) in [4.78, 5) is 20.6. The molecule has 0 saturated carbocycles. The van der Waals surface area contributed by atoms with Gasteiger partial charge in [0.2, 0.25) is 21.9 Å². The molecular formula is C21H22ClN5O5S2. The summed E-state index contributed by atoms with van der Waals surface area (Å²) >= 11 is 5.98. The molecule has 0 aliphatic heterocycles. The third-order valence-electron chi connectivity index (χ3n) is 4.60. The number of nitrogens with one attached hydrogen (secondary N) is 2. The summed E-state index contributed by atoms with van der Waals surface area (Å²) in [5.41, 5.74) is 1.12. The van der Waals surface area contributed by atoms with Gasteiger partial charge in [0.25, 0.3) is 10.0 Å². The minimum Gasteiger partial charge on any atom is -0.324 e. The van der Waals surface area contributed by atoms with E-state index in [9.17, 15) is 21.6 Å². The van der Waals surface area contributed by atoms with Crippen molar-refractivity contribution in [1.82, 2.24) is 9.97 Å². The molecule has 2 N–H and O–H groups in total. The summed E-state index contributed by atoms with van der Waals surface area (Å²) in [6.07, 6.45) is 2.42. The van der Waals surface area contributed by atoms with Crippen LogP contribution in [0.1, 0.15) is 12.6 Å². The van der Waals surface area contributed by atoms with Crippen molar-refractivity contribution in [2.24, 2.45) is 0 Å². The molecule has 0 spiro atoms. The van der Waals surface area contributed by atoms with E-state index in [4.69, 9.17) is 11.6 Å². The highest BCUT2D eigenvalue weighted by atomic mass is 35.5. The van der Waals surface area contributed by atoms with Gasteiger partial charge in [-0.25, -0.2) is 31.5 Å². The number of carbonyl (C=O) groups excluding carboxylic acids is 1. The first-order valence-electron chi connectivity index (χ1n) is 9.85. The van der Waals surface area contributed by atoms with Crippen LogP contribution in [0.25, 0.3) is 0 Å². The number of rotatable bonds is 8. The molecule has 0 fully saturated rings. The van der Waals surface area contributed by atoms with Gasteiger partial charge in [-0.1, -0.05) is 17.7 Å². The molecule has 180 valence electrons. The van der Waals surface area contributed by atoms with Crippen LogP contribution in [0.5, 0.6) is 0 Å². The van der Waals surface area contributed by atoms with Gasteiger partial charge in [-0.2, -0.15) is 0 Å². The number of carbonyl (C=O) groups is 1. The second-order valence-corrected chi connectivity index (χ2v) is 11.3. The van der Waals surface area contributed by atoms with Crippen molar-refractivity contribution < 1.29 is 21.6 Å². The van der Waals surface area contributed by atoms with Crippen LogP contribution in [0.4, 0.5) is 17.3 Å². The van der Waals surface area contributed by atoms with Gasteiger partial charge in [0.05, 0.1) is 16.8 Å². The summed E-state index contributed by atoms with van der Waals surface area (Å²) < 4.78 is 53.2. The van der Waals surface area contributed by atoms with Gasteiger partial charge in [0, 0.05) is 22.6 Å². The summed E-state index contributed by atoms with van der Waals surface area (Å²) in [5, 5.41) is 2.92. The van der Waals surface area contributed by atoms with E-state index in [1.165, 1.54) is 49.5 Å². The van der Waals surface area contributed by atoms with E-state index < -0.39 is 32.0 Å². The Hall–Kier alpha value is -3.22. The Labute approximate surface area is 203 Å². The average molecular weight is 524 g/mol. The number of halogens is 1. The summed E-state index contributed by atoms with van der Waals surface area (Å²) in [6.45, 7) is 3.14. The molecule has 1 unspecified atom stereocenters. The zero-order valence-corrected chi connectivity index (χ0v) is 20.8. The van der Waals surface area contributed by atoms with E-state index in [2.05, 4.69) is 20.0 Å². The van der Waals surface area contributed by atoms with E-state index in [1.807, 2.05) is 0 Å². The first kappa shape index (κ1) is 25.4. The zero-order valence-electron chi connectivity index (χ0n) is 18.4. The smallest absolute Gasteiger partial charge is 0.264 e. The van der Waals surface area contributed by atoms with Crippen LogP contribution in [0, 0.1) is 6.92 Å². The van der Waals surface area contributed by atoms with E-state index in [0.29, 0.717) is 10.7 Å². The van der Waals surface area contributed by atoms with Crippen molar-refractivity contribution in [2.45, 2.75) is 24.8 Å². The topological polar surface area (TPSA) is 138 Å². The van der Waals surface area contributed by atoms with Crippen LogP contribution in [0.15, 0.2) is 65.7 Å². The highest BCUT2D eigenvalue weighted by molar-refractivity contribution is 7.92. The van der Waals surface area contributed by atoms with Crippen LogP contribution in [-0.4, -0.2) is 45.0 Å². The van der Waals surface area contributed by atoms with Gasteiger partial charge < -0.3 is 5.32 Å². The molecule has 0 bridgehead atoms. The zero-order chi connectivity index (χ0) is 25.1. The highest BCUT2D eigenvalue weighted by Gasteiger charge is 2.29. The minimum atomic E-state index is -3.95. The van der Waals surface area contributed by atoms with Crippen LogP contribution in [0.3, 0.4) is 0 Å². The lowest BCUT2D eigenvalue weighted by molar-refractivity contribution is -0.116. The fourth-order valence-corrected chi connectivity index (χ4v) is 5.37. The predicted octanol–water partition coefficient (Wildman–Crippen LogP) is 3.03. The van der Waals surface area contributed by atoms with Crippen molar-refractivity contribution in [3.05, 3.63) is 71.5 Å². The molecule has 0 aliphatic rings. The van der Waals surface area contributed by atoms with Crippen LogP contribution in [-0.2, 0) is 24.8 Å². The van der Waals surface area contributed by atoms with Gasteiger partial charge in [-0.15, -0.1) is 0 Å². The number of sulfonamides is 2. The van der Waals surface area contributed by atoms with Crippen molar-refractivity contribution in [3.8, 4) is 0 Å². The quantitative estimate of drug-likeness (QED) is 0.462. The number of nitrogens with zero attached hydrogens (tertiary/aromatic N) is 3. The van der Waals surface area contributed by atoms with E-state index in [1.54, 1.807) is 25.1 Å². The fraction of sp³-hybridized carbons (Fsp3) is 0.190. The van der Waals surface area contributed by atoms with Crippen LogP contribution in [0.2, 0.25) is 5.02 Å². The largest absolute Gasteiger partial charge is 0.324 e. The van der Waals surface area contributed by atoms with Crippen molar-refractivity contribution in [3.63, 3.8) is 0 Å². The Morgan fingerprint density at radius 1 is 1.06 bits per heavy atom. The Morgan fingerprint density at radius 3 is 2.32 bits per heavy atom. The minimum absolute atomic E-state index is 0.0620. The van der Waals surface area contributed by atoms with Crippen LogP contribution < -0.4 is 14.3 Å². The molecule has 3 aromatic rings. The SMILES string of the molecule is Cc1ccnc(NS(=O)(=O)c2ccc(NC(=O)C(C)N(c3cccc(Cl)c3)S(C)(=O)=O)cc2)n1. The number of benzene rings is 2. The van der Waals surface area contributed by atoms with Gasteiger partial charge in [0.15, 0.2) is 0 Å². The second-order valence-electron chi connectivity index (χ2n) is 7.36. The van der Waals surface area contributed by atoms with Crippen molar-refractivity contribution >= 4 is 54.9 Å². The number of amides is 1. The summed E-state index contributed by atoms with van der Waals surface area (Å²) in [7, 11) is -7.77. The van der Waals surface area contributed by atoms with Gasteiger partial charge in [-0.3, -0.25) is 9.10 Å². The maximum atomic E-state index is 12.8. The van der Waals surface area contributed by atoms with Crippen molar-refractivity contribution in [2.75, 3.05) is 20.6 Å². The molecule has 0 radical (unpaired) electrons. The molecule has 10 nitrogen and oxygen atoms in total. The summed E-state index contributed by atoms with van der Waals surface area (Å²) in [5.74, 6) is -0.680. The molecule has 1 aromatic heterocycles. The van der Waals surface area contributed by atoms with Gasteiger partial charge in [-0.05, 0) is 62.4 Å².